The number of aliphatic hydroxyl groups is 1. The van der Waals surface area contributed by atoms with Gasteiger partial charge in [0.25, 0.3) is 0 Å². The van der Waals surface area contributed by atoms with Crippen molar-refractivity contribution in [1.29, 1.82) is 0 Å². The van der Waals surface area contributed by atoms with E-state index in [-0.39, 0.29) is 18.6 Å². The number of rotatable bonds is 3. The molecule has 1 aromatic rings. The molecule has 1 amide bonds. The van der Waals surface area contributed by atoms with Crippen molar-refractivity contribution in [3.63, 3.8) is 0 Å². The van der Waals surface area contributed by atoms with Crippen molar-refractivity contribution in [3.05, 3.63) is 35.9 Å². The van der Waals surface area contributed by atoms with E-state index in [1.165, 1.54) is 0 Å². The van der Waals surface area contributed by atoms with Gasteiger partial charge in [0.1, 0.15) is 0 Å². The third-order valence-corrected chi connectivity index (χ3v) is 3.41. The summed E-state index contributed by atoms with van der Waals surface area (Å²) in [5, 5.41) is 9.54. The number of hydrogen-bond acceptors (Lipinski definition) is 2. The molecule has 1 N–H and O–H groups in total. The Morgan fingerprint density at radius 3 is 2.76 bits per heavy atom. The van der Waals surface area contributed by atoms with Crippen LogP contribution in [0.5, 0.6) is 0 Å². The van der Waals surface area contributed by atoms with Crippen LogP contribution in [0.4, 0.5) is 0 Å². The minimum absolute atomic E-state index is 0.0114. The molecule has 0 spiro atoms. The van der Waals surface area contributed by atoms with Crippen molar-refractivity contribution < 1.29 is 9.90 Å². The number of likely N-dealkylation sites (tertiary alicyclic amines) is 1. The normalized spacial score (nSPS) is 22.6. The van der Waals surface area contributed by atoms with E-state index in [2.05, 4.69) is 6.92 Å². The summed E-state index contributed by atoms with van der Waals surface area (Å²) in [6, 6.07) is 9.57. The van der Waals surface area contributed by atoms with Crippen LogP contribution in [-0.2, 0) is 4.79 Å². The van der Waals surface area contributed by atoms with Gasteiger partial charge in [-0.15, -0.1) is 0 Å². The van der Waals surface area contributed by atoms with Crippen LogP contribution in [0.15, 0.2) is 30.3 Å². The number of hydrogen-bond donors (Lipinski definition) is 1. The summed E-state index contributed by atoms with van der Waals surface area (Å²) < 4.78 is 0. The Morgan fingerprint density at radius 1 is 1.41 bits per heavy atom. The third kappa shape index (κ3) is 2.67. The zero-order valence-electron chi connectivity index (χ0n) is 10.2. The van der Waals surface area contributed by atoms with Gasteiger partial charge in [-0.1, -0.05) is 37.3 Å². The fraction of sp³-hybridized carbons (Fsp3) is 0.500. The molecule has 2 rings (SSSR count). The average Bonchev–Trinajstić information content (AvgIpc) is 2.36. The Balaban J connectivity index is 2.20. The maximum atomic E-state index is 11.9. The topological polar surface area (TPSA) is 40.5 Å². The second-order valence-electron chi connectivity index (χ2n) is 4.80. The number of aliphatic hydroxyl groups excluding tert-OH is 1. The Hall–Kier alpha value is -1.35. The van der Waals surface area contributed by atoms with Gasteiger partial charge in [-0.05, 0) is 17.9 Å². The van der Waals surface area contributed by atoms with Gasteiger partial charge < -0.3 is 10.0 Å². The Bertz CT molecular complexity index is 377. The van der Waals surface area contributed by atoms with Crippen LogP contribution >= 0.6 is 0 Å². The van der Waals surface area contributed by atoms with Crippen LogP contribution in [0.1, 0.15) is 31.4 Å². The smallest absolute Gasteiger partial charge is 0.223 e. The van der Waals surface area contributed by atoms with Gasteiger partial charge in [0.2, 0.25) is 5.91 Å². The average molecular weight is 233 g/mol. The van der Waals surface area contributed by atoms with E-state index in [0.29, 0.717) is 12.3 Å². The molecule has 0 radical (unpaired) electrons. The van der Waals surface area contributed by atoms with E-state index in [1.807, 2.05) is 35.2 Å². The molecule has 1 aliphatic rings. The minimum atomic E-state index is -0.188. The monoisotopic (exact) mass is 233 g/mol. The highest BCUT2D eigenvalue weighted by molar-refractivity contribution is 5.77. The minimum Gasteiger partial charge on any atom is -0.394 e. The van der Waals surface area contributed by atoms with E-state index >= 15 is 0 Å². The summed E-state index contributed by atoms with van der Waals surface area (Å²) >= 11 is 0. The largest absolute Gasteiger partial charge is 0.394 e. The first-order valence-electron chi connectivity index (χ1n) is 6.17. The Morgan fingerprint density at radius 2 is 2.12 bits per heavy atom. The molecule has 1 aliphatic heterocycles. The molecule has 0 bridgehead atoms. The van der Waals surface area contributed by atoms with Gasteiger partial charge in [-0.3, -0.25) is 4.79 Å². The molecule has 0 unspecified atom stereocenters. The molecule has 3 heteroatoms. The summed E-state index contributed by atoms with van der Waals surface area (Å²) in [6.07, 6.45) is 1.56. The second kappa shape index (κ2) is 5.32. The van der Waals surface area contributed by atoms with Gasteiger partial charge in [-0.25, -0.2) is 0 Å². The summed E-state index contributed by atoms with van der Waals surface area (Å²) in [4.78, 5) is 13.8. The molecule has 92 valence electrons. The molecule has 2 atom stereocenters. The predicted octanol–water partition coefficient (Wildman–Crippen LogP) is 1.98. The van der Waals surface area contributed by atoms with Crippen molar-refractivity contribution in [3.8, 4) is 0 Å². The Labute approximate surface area is 102 Å². The lowest BCUT2D eigenvalue weighted by Crippen LogP contribution is -2.42. The molecular formula is C14H19NO2. The zero-order valence-corrected chi connectivity index (χ0v) is 10.2. The van der Waals surface area contributed by atoms with E-state index in [0.717, 1.165) is 18.5 Å². The number of benzene rings is 1. The van der Waals surface area contributed by atoms with Gasteiger partial charge in [0.05, 0.1) is 12.6 Å². The highest BCUT2D eigenvalue weighted by Crippen LogP contribution is 2.27. The van der Waals surface area contributed by atoms with E-state index in [4.69, 9.17) is 0 Å². The molecule has 1 saturated heterocycles. The molecule has 0 aliphatic carbocycles. The van der Waals surface area contributed by atoms with Gasteiger partial charge in [0.15, 0.2) is 0 Å². The first-order chi connectivity index (χ1) is 8.22. The molecular weight excluding hydrogens is 214 g/mol. The zero-order chi connectivity index (χ0) is 12.3. The van der Waals surface area contributed by atoms with Crippen LogP contribution in [0.2, 0.25) is 0 Å². The van der Waals surface area contributed by atoms with Gasteiger partial charge in [-0.2, -0.15) is 0 Å². The van der Waals surface area contributed by atoms with Crippen LogP contribution < -0.4 is 0 Å². The Kier molecular flexibility index (Phi) is 3.79. The summed E-state index contributed by atoms with van der Waals surface area (Å²) in [7, 11) is 0. The number of nitrogens with zero attached hydrogens (tertiary/aromatic N) is 1. The van der Waals surface area contributed by atoms with Crippen LogP contribution in [0.3, 0.4) is 0 Å². The molecule has 1 aromatic carbocycles. The second-order valence-corrected chi connectivity index (χ2v) is 4.80. The highest BCUT2D eigenvalue weighted by Gasteiger charge is 2.29. The summed E-state index contributed by atoms with van der Waals surface area (Å²) in [5.74, 6) is 0.677. The fourth-order valence-corrected chi connectivity index (χ4v) is 2.40. The van der Waals surface area contributed by atoms with Gasteiger partial charge in [0, 0.05) is 13.0 Å². The van der Waals surface area contributed by atoms with E-state index < -0.39 is 0 Å². The first kappa shape index (κ1) is 12.1. The maximum Gasteiger partial charge on any atom is 0.223 e. The van der Waals surface area contributed by atoms with Crippen molar-refractivity contribution >= 4 is 5.91 Å². The quantitative estimate of drug-likeness (QED) is 0.867. The number of carbonyl (C=O) groups excluding carboxylic acids is 1. The summed E-state index contributed by atoms with van der Waals surface area (Å²) in [5.41, 5.74) is 1.01. The third-order valence-electron chi connectivity index (χ3n) is 3.41. The van der Waals surface area contributed by atoms with Crippen molar-refractivity contribution in [2.24, 2.45) is 5.92 Å². The standard InChI is InChI=1S/C14H19NO2/c1-11-7-8-14(17)15(9-11)13(10-16)12-5-3-2-4-6-12/h2-6,11,13,16H,7-10H2,1H3/t11-,13+/m1/s1. The molecule has 1 heterocycles. The lowest BCUT2D eigenvalue weighted by Gasteiger charge is -2.36. The molecule has 3 nitrogen and oxygen atoms in total. The summed E-state index contributed by atoms with van der Waals surface area (Å²) in [6.45, 7) is 2.89. The first-order valence-corrected chi connectivity index (χ1v) is 6.17. The van der Waals surface area contributed by atoms with Crippen molar-refractivity contribution in [2.45, 2.75) is 25.8 Å². The number of piperidine rings is 1. The van der Waals surface area contributed by atoms with Crippen molar-refractivity contribution in [1.82, 2.24) is 4.90 Å². The maximum absolute atomic E-state index is 11.9. The van der Waals surface area contributed by atoms with E-state index in [1.54, 1.807) is 0 Å². The molecule has 17 heavy (non-hydrogen) atoms. The van der Waals surface area contributed by atoms with Crippen molar-refractivity contribution in [2.75, 3.05) is 13.2 Å². The fourth-order valence-electron chi connectivity index (χ4n) is 2.40. The lowest BCUT2D eigenvalue weighted by atomic mass is 9.96. The van der Waals surface area contributed by atoms with Crippen LogP contribution in [0, 0.1) is 5.92 Å². The highest BCUT2D eigenvalue weighted by atomic mass is 16.3. The molecule has 0 aromatic heterocycles. The van der Waals surface area contributed by atoms with Crippen LogP contribution in [0.25, 0.3) is 0 Å². The van der Waals surface area contributed by atoms with Crippen LogP contribution in [-0.4, -0.2) is 29.1 Å². The number of amides is 1. The van der Waals surface area contributed by atoms with Gasteiger partial charge >= 0.3 is 0 Å². The molecule has 0 saturated carbocycles. The lowest BCUT2D eigenvalue weighted by molar-refractivity contribution is -0.138. The SMILES string of the molecule is C[C@@H]1CCC(=O)N([C@@H](CO)c2ccccc2)C1. The molecule has 1 fully saturated rings. The van der Waals surface area contributed by atoms with E-state index in [9.17, 15) is 9.90 Å². The predicted molar refractivity (Wildman–Crippen MR) is 66.4 cm³/mol. The number of carbonyl (C=O) groups is 1.